The highest BCUT2D eigenvalue weighted by Crippen LogP contribution is 2.29. The second kappa shape index (κ2) is 11.2. The van der Waals surface area contributed by atoms with Gasteiger partial charge in [0, 0.05) is 30.2 Å². The number of rotatable bonds is 5. The molecule has 2 aromatic carbocycles. The van der Waals surface area contributed by atoms with Crippen LogP contribution in [0.5, 0.6) is 0 Å². The molecule has 0 bridgehead atoms. The van der Waals surface area contributed by atoms with Gasteiger partial charge in [-0.2, -0.15) is 5.26 Å². The van der Waals surface area contributed by atoms with E-state index >= 15 is 0 Å². The number of nitrogens with zero attached hydrogens (tertiary/aromatic N) is 6. The van der Waals surface area contributed by atoms with Crippen LogP contribution in [0.4, 0.5) is 5.95 Å². The second-order valence-corrected chi connectivity index (χ2v) is 9.22. The Balaban J connectivity index is 0.00000320. The van der Waals surface area contributed by atoms with Crippen LogP contribution in [0.15, 0.2) is 54.6 Å². The summed E-state index contributed by atoms with van der Waals surface area (Å²) in [4.78, 5) is 2.16. The molecule has 0 amide bonds. The number of morpholine rings is 1. The zero-order valence-electron chi connectivity index (χ0n) is 21.6. The number of aryl methyl sites for hydroxylation is 3. The molecule has 0 radical (unpaired) electrons. The molecule has 0 N–H and O–H groups in total. The fraction of sp³-hybridized carbons (Fsp3) is 0.276. The van der Waals surface area contributed by atoms with Gasteiger partial charge in [-0.25, -0.2) is 0 Å². The van der Waals surface area contributed by atoms with Crippen molar-refractivity contribution in [3.63, 3.8) is 0 Å². The molecule has 1 saturated heterocycles. The molecule has 3 heterocycles. The van der Waals surface area contributed by atoms with Crippen LogP contribution in [0.3, 0.4) is 0 Å². The number of benzene rings is 2. The van der Waals surface area contributed by atoms with Crippen LogP contribution in [-0.4, -0.2) is 45.6 Å². The predicted molar refractivity (Wildman–Crippen MR) is 153 cm³/mol. The van der Waals surface area contributed by atoms with Gasteiger partial charge in [0.2, 0.25) is 5.95 Å². The molecule has 190 valence electrons. The monoisotopic (exact) mass is 558 g/mol. The number of hydrogen-bond acceptors (Lipinski definition) is 5. The van der Waals surface area contributed by atoms with Crippen molar-refractivity contribution in [2.75, 3.05) is 31.2 Å². The van der Waals surface area contributed by atoms with Gasteiger partial charge in [0.1, 0.15) is 6.07 Å². The average Bonchev–Trinajstić information content (AvgIpc) is 3.45. The summed E-state index contributed by atoms with van der Waals surface area (Å²) in [7, 11) is 0. The number of aromatic nitrogens is 4. The van der Waals surface area contributed by atoms with E-state index in [1.165, 1.54) is 11.1 Å². The van der Waals surface area contributed by atoms with E-state index < -0.39 is 0 Å². The highest BCUT2D eigenvalue weighted by atomic mass is 79.9. The Hall–Kier alpha value is -3.67. The van der Waals surface area contributed by atoms with E-state index in [2.05, 4.69) is 77.7 Å². The van der Waals surface area contributed by atoms with E-state index in [4.69, 9.17) is 4.74 Å². The first-order chi connectivity index (χ1) is 17.5. The van der Waals surface area contributed by atoms with Gasteiger partial charge in [-0.3, -0.25) is 4.57 Å². The van der Waals surface area contributed by atoms with Crippen molar-refractivity contribution in [2.24, 2.45) is 0 Å². The molecule has 8 heteroatoms. The molecular weight excluding hydrogens is 528 g/mol. The molecule has 37 heavy (non-hydrogen) atoms. The minimum atomic E-state index is 0. The molecule has 0 aliphatic carbocycles. The van der Waals surface area contributed by atoms with Crippen LogP contribution in [0.25, 0.3) is 23.0 Å². The summed E-state index contributed by atoms with van der Waals surface area (Å²) >= 11 is 0. The smallest absolute Gasteiger partial charge is 0.232 e. The molecule has 1 fully saturated rings. The summed E-state index contributed by atoms with van der Waals surface area (Å²) in [5, 5.41) is 19.3. The van der Waals surface area contributed by atoms with Crippen molar-refractivity contribution in [1.29, 1.82) is 5.26 Å². The lowest BCUT2D eigenvalue weighted by Gasteiger charge is -2.28. The molecule has 1 aliphatic heterocycles. The van der Waals surface area contributed by atoms with Crippen LogP contribution in [0, 0.1) is 39.0 Å². The minimum Gasteiger partial charge on any atom is -0.378 e. The van der Waals surface area contributed by atoms with Gasteiger partial charge in [-0.05, 0) is 69.2 Å². The van der Waals surface area contributed by atoms with Gasteiger partial charge in [0.15, 0.2) is 5.82 Å². The second-order valence-electron chi connectivity index (χ2n) is 9.22. The number of allylic oxidation sites excluding steroid dienone is 1. The average molecular weight is 560 g/mol. The fourth-order valence-electron chi connectivity index (χ4n) is 4.90. The van der Waals surface area contributed by atoms with Gasteiger partial charge in [-0.15, -0.1) is 27.2 Å². The Morgan fingerprint density at radius 2 is 1.68 bits per heavy atom. The van der Waals surface area contributed by atoms with E-state index in [1.54, 1.807) is 0 Å². The van der Waals surface area contributed by atoms with E-state index in [0.29, 0.717) is 24.6 Å². The molecular formula is C29H31BrN6O. The summed E-state index contributed by atoms with van der Waals surface area (Å²) < 4.78 is 9.76. The van der Waals surface area contributed by atoms with Gasteiger partial charge < -0.3 is 14.2 Å². The maximum Gasteiger partial charge on any atom is 0.232 e. The number of anilines is 1. The molecule has 0 unspecified atom stereocenters. The Kier molecular flexibility index (Phi) is 7.96. The van der Waals surface area contributed by atoms with Crippen molar-refractivity contribution in [3.05, 3.63) is 88.5 Å². The normalized spacial score (nSPS) is 13.8. The summed E-state index contributed by atoms with van der Waals surface area (Å²) in [6.45, 7) is 11.2. The van der Waals surface area contributed by atoms with Crippen LogP contribution < -0.4 is 4.90 Å². The summed E-state index contributed by atoms with van der Waals surface area (Å²) in [5.74, 6) is 1.25. The third-order valence-electron chi connectivity index (χ3n) is 6.68. The molecule has 0 saturated carbocycles. The summed E-state index contributed by atoms with van der Waals surface area (Å²) in [5.41, 5.74) is 8.16. The number of halogens is 1. The lowest BCUT2D eigenvalue weighted by atomic mass is 10.1. The first-order valence-electron chi connectivity index (χ1n) is 12.2. The Labute approximate surface area is 228 Å². The first kappa shape index (κ1) is 26.4. The summed E-state index contributed by atoms with van der Waals surface area (Å²) in [6.07, 6.45) is 1.93. The maximum absolute atomic E-state index is 10.3. The third-order valence-corrected chi connectivity index (χ3v) is 6.68. The van der Waals surface area contributed by atoms with E-state index in [-0.39, 0.29) is 17.0 Å². The van der Waals surface area contributed by atoms with E-state index in [1.807, 2.05) is 41.0 Å². The number of hydrogen-bond donors (Lipinski definition) is 0. The van der Waals surface area contributed by atoms with Gasteiger partial charge in [-0.1, -0.05) is 35.9 Å². The zero-order chi connectivity index (χ0) is 25.2. The minimum absolute atomic E-state index is 0. The van der Waals surface area contributed by atoms with Crippen molar-refractivity contribution in [2.45, 2.75) is 27.7 Å². The SMILES string of the molecule is Br.Cc1ccc(-n2c(C)cc(/C=C(\C#N)c3nnc(N4CCOCC4)n3-c3ccccc3)c2C)c(C)c1. The molecule has 4 aromatic rings. The van der Waals surface area contributed by atoms with Crippen molar-refractivity contribution in [3.8, 4) is 17.4 Å². The fourth-order valence-corrected chi connectivity index (χ4v) is 4.90. The van der Waals surface area contributed by atoms with Crippen molar-refractivity contribution in [1.82, 2.24) is 19.3 Å². The topological polar surface area (TPSA) is 71.9 Å². The lowest BCUT2D eigenvalue weighted by molar-refractivity contribution is 0.122. The van der Waals surface area contributed by atoms with Crippen LogP contribution in [0.2, 0.25) is 0 Å². The van der Waals surface area contributed by atoms with Crippen LogP contribution >= 0.6 is 17.0 Å². The molecule has 7 nitrogen and oxygen atoms in total. The van der Waals surface area contributed by atoms with Crippen LogP contribution in [-0.2, 0) is 4.74 Å². The van der Waals surface area contributed by atoms with Gasteiger partial charge in [0.05, 0.1) is 24.5 Å². The number of para-hydroxylation sites is 1. The Morgan fingerprint density at radius 3 is 2.35 bits per heavy atom. The molecule has 5 rings (SSSR count). The Bertz CT molecular complexity index is 1470. The predicted octanol–water partition coefficient (Wildman–Crippen LogP) is 5.77. The van der Waals surface area contributed by atoms with Crippen LogP contribution in [0.1, 0.15) is 33.9 Å². The molecule has 1 aliphatic rings. The lowest BCUT2D eigenvalue weighted by Crippen LogP contribution is -2.38. The van der Waals surface area contributed by atoms with E-state index in [0.717, 1.165) is 47.4 Å². The number of ether oxygens (including phenoxy) is 1. The summed E-state index contributed by atoms with van der Waals surface area (Å²) in [6, 6.07) is 21.0. The highest BCUT2D eigenvalue weighted by molar-refractivity contribution is 8.93. The van der Waals surface area contributed by atoms with Crippen molar-refractivity contribution >= 4 is 34.6 Å². The quantitative estimate of drug-likeness (QED) is 0.291. The third kappa shape index (κ3) is 5.10. The molecule has 2 aromatic heterocycles. The Morgan fingerprint density at radius 1 is 0.946 bits per heavy atom. The number of nitriles is 1. The van der Waals surface area contributed by atoms with Crippen molar-refractivity contribution < 1.29 is 4.74 Å². The first-order valence-corrected chi connectivity index (χ1v) is 12.2. The zero-order valence-corrected chi connectivity index (χ0v) is 23.3. The molecule has 0 atom stereocenters. The van der Waals surface area contributed by atoms with Gasteiger partial charge >= 0.3 is 0 Å². The highest BCUT2D eigenvalue weighted by Gasteiger charge is 2.24. The largest absolute Gasteiger partial charge is 0.378 e. The maximum atomic E-state index is 10.3. The molecule has 0 spiro atoms. The van der Waals surface area contributed by atoms with E-state index in [9.17, 15) is 5.26 Å². The van der Waals surface area contributed by atoms with Gasteiger partial charge in [0.25, 0.3) is 0 Å². The standard InChI is InChI=1S/C29H30N6O.BrH/c1-20-10-11-27(21(2)16-20)34-22(3)17-24(23(34)4)18-25(19-30)28-31-32-29(33-12-14-36-15-13-33)35(28)26-8-6-5-7-9-26;/h5-11,16-18H,12-15H2,1-4H3;1H/b25-18+;.